The van der Waals surface area contributed by atoms with E-state index >= 15 is 0 Å². The number of nitrogens with two attached hydrogens (primary N) is 1. The molecular formula is C14H19NO2. The molecule has 0 aliphatic heterocycles. The lowest BCUT2D eigenvalue weighted by Gasteiger charge is -2.41. The number of hydrogen-bond donors (Lipinski definition) is 1. The summed E-state index contributed by atoms with van der Waals surface area (Å²) in [5.41, 5.74) is 7.72. The summed E-state index contributed by atoms with van der Waals surface area (Å²) in [6.07, 6.45) is 3.75. The lowest BCUT2D eigenvalue weighted by atomic mass is 9.62. The first-order chi connectivity index (χ1) is 8.16. The molecule has 0 atom stereocenters. The Morgan fingerprint density at radius 1 is 1.47 bits per heavy atom. The molecule has 3 heteroatoms. The van der Waals surface area contributed by atoms with Crippen LogP contribution < -0.4 is 5.73 Å². The highest BCUT2D eigenvalue weighted by molar-refractivity contribution is 5.72. The van der Waals surface area contributed by atoms with Crippen molar-refractivity contribution in [2.45, 2.75) is 38.0 Å². The molecule has 0 spiro atoms. The Labute approximate surface area is 102 Å². The molecule has 1 aromatic rings. The largest absolute Gasteiger partial charge is 0.466 e. The summed E-state index contributed by atoms with van der Waals surface area (Å²) in [5.74, 6) is -0.102. The zero-order valence-corrected chi connectivity index (χ0v) is 10.2. The van der Waals surface area contributed by atoms with Gasteiger partial charge in [0.15, 0.2) is 0 Å². The van der Waals surface area contributed by atoms with Gasteiger partial charge in [-0.25, -0.2) is 0 Å². The molecule has 1 fully saturated rings. The Morgan fingerprint density at radius 3 is 2.76 bits per heavy atom. The second-order valence-electron chi connectivity index (χ2n) is 4.74. The van der Waals surface area contributed by atoms with Crippen molar-refractivity contribution in [2.24, 2.45) is 0 Å². The van der Waals surface area contributed by atoms with E-state index in [0.29, 0.717) is 13.0 Å². The highest BCUT2D eigenvalue weighted by Gasteiger charge is 2.40. The van der Waals surface area contributed by atoms with Gasteiger partial charge in [-0.05, 0) is 37.5 Å². The van der Waals surface area contributed by atoms with Crippen molar-refractivity contribution >= 4 is 11.7 Å². The van der Waals surface area contributed by atoms with Crippen LogP contribution in [-0.2, 0) is 14.9 Å². The van der Waals surface area contributed by atoms with Crippen molar-refractivity contribution in [3.05, 3.63) is 29.8 Å². The van der Waals surface area contributed by atoms with Gasteiger partial charge in [0.2, 0.25) is 0 Å². The van der Waals surface area contributed by atoms with E-state index in [1.54, 1.807) is 0 Å². The molecular weight excluding hydrogens is 214 g/mol. The lowest BCUT2D eigenvalue weighted by Crippen LogP contribution is -2.37. The Balaban J connectivity index is 2.17. The summed E-state index contributed by atoms with van der Waals surface area (Å²) in [6.45, 7) is 2.29. The third kappa shape index (κ3) is 2.43. The quantitative estimate of drug-likeness (QED) is 0.642. The minimum absolute atomic E-state index is 0.0262. The molecule has 2 N–H and O–H groups in total. The molecule has 0 amide bonds. The fourth-order valence-electron chi connectivity index (χ4n) is 2.53. The van der Waals surface area contributed by atoms with Gasteiger partial charge in [-0.1, -0.05) is 18.6 Å². The normalized spacial score (nSPS) is 17.2. The first kappa shape index (κ1) is 12.0. The second kappa shape index (κ2) is 4.78. The van der Waals surface area contributed by atoms with Crippen molar-refractivity contribution in [1.82, 2.24) is 0 Å². The monoisotopic (exact) mass is 233 g/mol. The third-order valence-corrected chi connectivity index (χ3v) is 3.60. The third-order valence-electron chi connectivity index (χ3n) is 3.60. The Bertz CT molecular complexity index is 410. The van der Waals surface area contributed by atoms with Gasteiger partial charge < -0.3 is 10.5 Å². The van der Waals surface area contributed by atoms with E-state index in [1.807, 2.05) is 25.1 Å². The van der Waals surface area contributed by atoms with E-state index in [0.717, 1.165) is 18.5 Å². The molecule has 17 heavy (non-hydrogen) atoms. The molecule has 0 unspecified atom stereocenters. The molecule has 0 aromatic heterocycles. The summed E-state index contributed by atoms with van der Waals surface area (Å²) in [7, 11) is 0. The first-order valence-electron chi connectivity index (χ1n) is 6.18. The molecule has 0 saturated heterocycles. The van der Waals surface area contributed by atoms with E-state index in [4.69, 9.17) is 10.5 Å². The Kier molecular flexibility index (Phi) is 3.36. The van der Waals surface area contributed by atoms with Crippen LogP contribution in [0, 0.1) is 0 Å². The molecule has 3 nitrogen and oxygen atoms in total. The van der Waals surface area contributed by atoms with Gasteiger partial charge >= 0.3 is 5.97 Å². The molecule has 0 bridgehead atoms. The summed E-state index contributed by atoms with van der Waals surface area (Å²) in [6, 6.07) is 7.88. The summed E-state index contributed by atoms with van der Waals surface area (Å²) in [4.78, 5) is 11.7. The van der Waals surface area contributed by atoms with Gasteiger partial charge in [0.1, 0.15) is 0 Å². The van der Waals surface area contributed by atoms with Gasteiger partial charge in [-0.3, -0.25) is 4.79 Å². The predicted octanol–water partition coefficient (Wildman–Crippen LogP) is 2.64. The average molecular weight is 233 g/mol. The maximum Gasteiger partial charge on any atom is 0.306 e. The van der Waals surface area contributed by atoms with Gasteiger partial charge in [0.05, 0.1) is 13.0 Å². The van der Waals surface area contributed by atoms with E-state index in [9.17, 15) is 4.79 Å². The zero-order valence-electron chi connectivity index (χ0n) is 10.2. The van der Waals surface area contributed by atoms with Crippen LogP contribution in [-0.4, -0.2) is 12.6 Å². The standard InChI is InChI=1S/C14H19NO2/c1-2-17-13(16)10-14(7-4-8-14)11-5-3-6-12(15)9-11/h3,5-6,9H,2,4,7-8,10,15H2,1H3. The van der Waals surface area contributed by atoms with E-state index in [2.05, 4.69) is 6.07 Å². The molecule has 92 valence electrons. The smallest absolute Gasteiger partial charge is 0.306 e. The number of nitrogen functional groups attached to an aromatic ring is 1. The summed E-state index contributed by atoms with van der Waals surface area (Å²) >= 11 is 0. The van der Waals surface area contributed by atoms with E-state index in [1.165, 1.54) is 12.0 Å². The van der Waals surface area contributed by atoms with Crippen molar-refractivity contribution in [2.75, 3.05) is 12.3 Å². The van der Waals surface area contributed by atoms with Crippen LogP contribution >= 0.6 is 0 Å². The molecule has 1 aliphatic carbocycles. The SMILES string of the molecule is CCOC(=O)CC1(c2cccc(N)c2)CCC1. The van der Waals surface area contributed by atoms with E-state index < -0.39 is 0 Å². The van der Waals surface area contributed by atoms with Gasteiger partial charge in [-0.15, -0.1) is 0 Å². The predicted molar refractivity (Wildman–Crippen MR) is 67.6 cm³/mol. The average Bonchev–Trinajstić information content (AvgIpc) is 2.24. The van der Waals surface area contributed by atoms with Crippen LogP contribution in [0.1, 0.15) is 38.2 Å². The number of esters is 1. The first-order valence-corrected chi connectivity index (χ1v) is 6.18. The van der Waals surface area contributed by atoms with Crippen molar-refractivity contribution in [3.63, 3.8) is 0 Å². The minimum atomic E-state index is -0.102. The van der Waals surface area contributed by atoms with Crippen LogP contribution in [0.4, 0.5) is 5.69 Å². The summed E-state index contributed by atoms with van der Waals surface area (Å²) in [5, 5.41) is 0. The number of carbonyl (C=O) groups is 1. The summed E-state index contributed by atoms with van der Waals surface area (Å²) < 4.78 is 5.05. The van der Waals surface area contributed by atoms with Crippen LogP contribution in [0.3, 0.4) is 0 Å². The maximum absolute atomic E-state index is 11.7. The number of ether oxygens (including phenoxy) is 1. The van der Waals surface area contributed by atoms with Crippen LogP contribution in [0.5, 0.6) is 0 Å². The lowest BCUT2D eigenvalue weighted by molar-refractivity contribution is -0.145. The van der Waals surface area contributed by atoms with Crippen LogP contribution in [0.2, 0.25) is 0 Å². The number of hydrogen-bond acceptors (Lipinski definition) is 3. The number of rotatable bonds is 4. The van der Waals surface area contributed by atoms with Crippen LogP contribution in [0.15, 0.2) is 24.3 Å². The van der Waals surface area contributed by atoms with Gasteiger partial charge in [0.25, 0.3) is 0 Å². The number of anilines is 1. The van der Waals surface area contributed by atoms with Crippen molar-refractivity contribution < 1.29 is 9.53 Å². The fourth-order valence-corrected chi connectivity index (χ4v) is 2.53. The maximum atomic E-state index is 11.7. The molecule has 1 saturated carbocycles. The fraction of sp³-hybridized carbons (Fsp3) is 0.500. The minimum Gasteiger partial charge on any atom is -0.466 e. The number of carbonyl (C=O) groups excluding carboxylic acids is 1. The topological polar surface area (TPSA) is 52.3 Å². The zero-order chi connectivity index (χ0) is 12.3. The Hall–Kier alpha value is -1.51. The molecule has 0 heterocycles. The number of benzene rings is 1. The highest BCUT2D eigenvalue weighted by atomic mass is 16.5. The van der Waals surface area contributed by atoms with Gasteiger partial charge in [0, 0.05) is 11.1 Å². The van der Waals surface area contributed by atoms with Crippen molar-refractivity contribution in [1.29, 1.82) is 0 Å². The van der Waals surface area contributed by atoms with E-state index in [-0.39, 0.29) is 11.4 Å². The second-order valence-corrected chi connectivity index (χ2v) is 4.74. The van der Waals surface area contributed by atoms with Crippen molar-refractivity contribution in [3.8, 4) is 0 Å². The molecule has 1 aliphatic rings. The Morgan fingerprint density at radius 2 is 2.24 bits per heavy atom. The highest BCUT2D eigenvalue weighted by Crippen LogP contribution is 2.47. The molecule has 1 aromatic carbocycles. The van der Waals surface area contributed by atoms with Crippen LogP contribution in [0.25, 0.3) is 0 Å². The van der Waals surface area contributed by atoms with Gasteiger partial charge in [-0.2, -0.15) is 0 Å². The molecule has 2 rings (SSSR count). The molecule has 0 radical (unpaired) electrons.